The van der Waals surface area contributed by atoms with Crippen molar-refractivity contribution in [3.8, 4) is 0 Å². The van der Waals surface area contributed by atoms with Crippen molar-refractivity contribution in [1.82, 2.24) is 0 Å². The van der Waals surface area contributed by atoms with E-state index in [1.165, 1.54) is 0 Å². The first-order chi connectivity index (χ1) is 9.38. The van der Waals surface area contributed by atoms with Gasteiger partial charge < -0.3 is 10.0 Å². The summed E-state index contributed by atoms with van der Waals surface area (Å²) < 4.78 is 0. The van der Waals surface area contributed by atoms with E-state index in [9.17, 15) is 14.4 Å². The van der Waals surface area contributed by atoms with Crippen molar-refractivity contribution in [2.45, 2.75) is 26.2 Å². The van der Waals surface area contributed by atoms with Gasteiger partial charge in [0.2, 0.25) is 5.91 Å². The van der Waals surface area contributed by atoms with Crippen molar-refractivity contribution >= 4 is 23.3 Å². The van der Waals surface area contributed by atoms with Crippen molar-refractivity contribution in [3.63, 3.8) is 0 Å². The lowest BCUT2D eigenvalue weighted by Crippen LogP contribution is -2.20. The summed E-state index contributed by atoms with van der Waals surface area (Å²) in [4.78, 5) is 35.9. The second kappa shape index (κ2) is 5.45. The fourth-order valence-electron chi connectivity index (χ4n) is 2.45. The van der Waals surface area contributed by atoms with Gasteiger partial charge in [-0.25, -0.2) is 0 Å². The lowest BCUT2D eigenvalue weighted by molar-refractivity contribution is -0.137. The number of nitrogens with zero attached hydrogens (tertiary/aromatic N) is 1. The first kappa shape index (κ1) is 14.2. The Morgan fingerprint density at radius 2 is 2.05 bits per heavy atom. The van der Waals surface area contributed by atoms with Crippen LogP contribution < -0.4 is 4.90 Å². The zero-order valence-corrected chi connectivity index (χ0v) is 11.5. The molecule has 0 radical (unpaired) electrons. The Morgan fingerprint density at radius 1 is 1.35 bits per heavy atom. The van der Waals surface area contributed by atoms with Crippen LogP contribution in [0.15, 0.2) is 18.2 Å². The van der Waals surface area contributed by atoms with Crippen LogP contribution >= 0.6 is 0 Å². The number of carbonyl (C=O) groups is 3. The van der Waals surface area contributed by atoms with Crippen molar-refractivity contribution in [2.24, 2.45) is 5.92 Å². The van der Waals surface area contributed by atoms with Gasteiger partial charge in [-0.3, -0.25) is 14.4 Å². The number of carbonyl (C=O) groups excluding carboxylic acids is 2. The Balaban J connectivity index is 2.11. The first-order valence-electron chi connectivity index (χ1n) is 6.53. The average molecular weight is 275 g/mol. The Morgan fingerprint density at radius 3 is 2.70 bits per heavy atom. The maximum absolute atomic E-state index is 12.1. The highest BCUT2D eigenvalue weighted by Crippen LogP contribution is 2.29. The number of carboxylic acids is 1. The molecule has 0 spiro atoms. The van der Waals surface area contributed by atoms with Crippen LogP contribution in [0.4, 0.5) is 5.69 Å². The molecule has 0 fully saturated rings. The molecule has 5 heteroatoms. The van der Waals surface area contributed by atoms with Crippen LogP contribution in [-0.4, -0.2) is 29.8 Å². The lowest BCUT2D eigenvalue weighted by atomic mass is 9.96. The predicted octanol–water partition coefficient (Wildman–Crippen LogP) is 1.89. The van der Waals surface area contributed by atoms with Gasteiger partial charge in [-0.2, -0.15) is 0 Å². The third kappa shape index (κ3) is 2.87. The van der Waals surface area contributed by atoms with E-state index in [4.69, 9.17) is 5.11 Å². The second-order valence-electron chi connectivity index (χ2n) is 5.30. The van der Waals surface area contributed by atoms with Gasteiger partial charge in [0, 0.05) is 31.1 Å². The normalized spacial score (nSPS) is 15.1. The van der Waals surface area contributed by atoms with Crippen LogP contribution in [-0.2, 0) is 16.0 Å². The molecule has 0 saturated carbocycles. The molecular weight excluding hydrogens is 258 g/mol. The largest absolute Gasteiger partial charge is 0.481 e. The monoisotopic (exact) mass is 275 g/mol. The molecule has 1 aromatic carbocycles. The van der Waals surface area contributed by atoms with Crippen LogP contribution in [0.1, 0.15) is 35.7 Å². The minimum atomic E-state index is -0.897. The smallest absolute Gasteiger partial charge is 0.303 e. The molecule has 2 rings (SSSR count). The van der Waals surface area contributed by atoms with Gasteiger partial charge >= 0.3 is 5.97 Å². The molecule has 1 heterocycles. The van der Waals surface area contributed by atoms with Gasteiger partial charge in [-0.15, -0.1) is 0 Å². The van der Waals surface area contributed by atoms with Gasteiger partial charge in [0.05, 0.1) is 6.42 Å². The summed E-state index contributed by atoms with van der Waals surface area (Å²) in [5, 5.41) is 8.70. The molecule has 1 N–H and O–H groups in total. The van der Waals surface area contributed by atoms with Crippen LogP contribution in [0.3, 0.4) is 0 Å². The van der Waals surface area contributed by atoms with Crippen molar-refractivity contribution < 1.29 is 19.5 Å². The Kier molecular flexibility index (Phi) is 3.88. The van der Waals surface area contributed by atoms with Gasteiger partial charge in [0.15, 0.2) is 5.78 Å². The molecular formula is C15H17NO4. The third-order valence-electron chi connectivity index (χ3n) is 3.54. The summed E-state index contributed by atoms with van der Waals surface area (Å²) >= 11 is 0. The molecule has 1 aromatic rings. The van der Waals surface area contributed by atoms with E-state index in [1.807, 2.05) is 0 Å². The number of fused-ring (bicyclic) bond motifs is 1. The van der Waals surface area contributed by atoms with Gasteiger partial charge in [0.1, 0.15) is 0 Å². The van der Waals surface area contributed by atoms with E-state index in [0.29, 0.717) is 12.0 Å². The molecule has 0 bridgehead atoms. The van der Waals surface area contributed by atoms with Crippen molar-refractivity contribution in [1.29, 1.82) is 0 Å². The van der Waals surface area contributed by atoms with E-state index >= 15 is 0 Å². The molecule has 1 atom stereocenters. The average Bonchev–Trinajstić information content (AvgIpc) is 2.63. The number of hydrogen-bond acceptors (Lipinski definition) is 3. The van der Waals surface area contributed by atoms with Gasteiger partial charge in [-0.05, 0) is 29.7 Å². The summed E-state index contributed by atoms with van der Waals surface area (Å²) in [6, 6.07) is 5.21. The summed E-state index contributed by atoms with van der Waals surface area (Å²) in [5.41, 5.74) is 2.24. The maximum atomic E-state index is 12.1. The zero-order chi connectivity index (χ0) is 14.9. The van der Waals surface area contributed by atoms with E-state index < -0.39 is 5.97 Å². The number of carboxylic acid groups (broad SMARTS) is 1. The molecule has 1 unspecified atom stereocenters. The molecule has 5 nitrogen and oxygen atoms in total. The minimum absolute atomic E-state index is 0.0160. The molecule has 1 aliphatic rings. The highest BCUT2D eigenvalue weighted by atomic mass is 16.4. The molecule has 1 amide bonds. The van der Waals surface area contributed by atoms with Crippen molar-refractivity contribution in [2.75, 3.05) is 11.9 Å². The fraction of sp³-hybridized carbons (Fsp3) is 0.400. The highest BCUT2D eigenvalue weighted by Gasteiger charge is 2.25. The summed E-state index contributed by atoms with van der Waals surface area (Å²) in [7, 11) is 1.71. The summed E-state index contributed by atoms with van der Waals surface area (Å²) in [6.45, 7) is 1.75. The standard InChI is InChI=1S/C15H17NO4/c1-9(6-15(19)20)5-13(17)10-3-4-12-11(7-10)8-14(18)16(12)2/h3-4,7,9H,5-6,8H2,1-2H3,(H,19,20). The van der Waals surface area contributed by atoms with Crippen LogP contribution in [0.25, 0.3) is 0 Å². The summed E-state index contributed by atoms with van der Waals surface area (Å²) in [5.74, 6) is -1.16. The lowest BCUT2D eigenvalue weighted by Gasteiger charge is -2.11. The molecule has 0 saturated heterocycles. The number of benzene rings is 1. The number of Topliss-reactive ketones (excluding diaryl/α,β-unsaturated/α-hetero) is 1. The van der Waals surface area contributed by atoms with Crippen LogP contribution in [0.5, 0.6) is 0 Å². The number of ketones is 1. The van der Waals surface area contributed by atoms with Crippen LogP contribution in [0.2, 0.25) is 0 Å². The van der Waals surface area contributed by atoms with E-state index in [-0.39, 0.29) is 30.4 Å². The number of likely N-dealkylation sites (N-methyl/N-ethyl adjacent to an activating group) is 1. The molecule has 106 valence electrons. The Labute approximate surface area is 117 Å². The van der Waals surface area contributed by atoms with E-state index in [2.05, 4.69) is 0 Å². The minimum Gasteiger partial charge on any atom is -0.481 e. The third-order valence-corrected chi connectivity index (χ3v) is 3.54. The molecule has 20 heavy (non-hydrogen) atoms. The number of amides is 1. The number of hydrogen-bond donors (Lipinski definition) is 1. The highest BCUT2D eigenvalue weighted by molar-refractivity contribution is 6.03. The first-order valence-corrected chi connectivity index (χ1v) is 6.53. The number of anilines is 1. The van der Waals surface area contributed by atoms with E-state index in [0.717, 1.165) is 11.3 Å². The quantitative estimate of drug-likeness (QED) is 0.833. The molecule has 1 aliphatic heterocycles. The van der Waals surface area contributed by atoms with Gasteiger partial charge in [-0.1, -0.05) is 6.92 Å². The Hall–Kier alpha value is -2.17. The molecule has 0 aliphatic carbocycles. The number of aliphatic carboxylic acids is 1. The number of rotatable bonds is 5. The SMILES string of the molecule is CC(CC(=O)O)CC(=O)c1ccc2c(c1)CC(=O)N2C. The predicted molar refractivity (Wildman–Crippen MR) is 73.9 cm³/mol. The second-order valence-corrected chi connectivity index (χ2v) is 5.30. The molecule has 0 aromatic heterocycles. The van der Waals surface area contributed by atoms with E-state index in [1.54, 1.807) is 37.1 Å². The fourth-order valence-corrected chi connectivity index (χ4v) is 2.45. The van der Waals surface area contributed by atoms with Crippen molar-refractivity contribution in [3.05, 3.63) is 29.3 Å². The Bertz CT molecular complexity index is 579. The van der Waals surface area contributed by atoms with Gasteiger partial charge in [0.25, 0.3) is 0 Å². The van der Waals surface area contributed by atoms with Crippen LogP contribution in [0, 0.1) is 5.92 Å². The zero-order valence-electron chi connectivity index (χ0n) is 11.5. The topological polar surface area (TPSA) is 74.7 Å². The maximum Gasteiger partial charge on any atom is 0.303 e. The summed E-state index contributed by atoms with van der Waals surface area (Å²) in [6.07, 6.45) is 0.504.